The van der Waals surface area contributed by atoms with Gasteiger partial charge >= 0.3 is 0 Å². The van der Waals surface area contributed by atoms with Gasteiger partial charge in [-0.25, -0.2) is 0 Å². The molecule has 19 heavy (non-hydrogen) atoms. The van der Waals surface area contributed by atoms with Crippen LogP contribution in [0.2, 0.25) is 5.02 Å². The average Bonchev–Trinajstić information content (AvgIpc) is 2.74. The van der Waals surface area contributed by atoms with E-state index in [-0.39, 0.29) is 0 Å². The number of halogens is 1. The average molecular weight is 300 g/mol. The van der Waals surface area contributed by atoms with Gasteiger partial charge in [0.15, 0.2) is 0 Å². The van der Waals surface area contributed by atoms with Crippen LogP contribution in [0.5, 0.6) is 0 Å². The van der Waals surface area contributed by atoms with Crippen LogP contribution in [0.25, 0.3) is 0 Å². The van der Waals surface area contributed by atoms with Crippen molar-refractivity contribution in [1.29, 1.82) is 0 Å². The zero-order valence-electron chi connectivity index (χ0n) is 11.8. The van der Waals surface area contributed by atoms with Crippen molar-refractivity contribution in [3.8, 4) is 0 Å². The van der Waals surface area contributed by atoms with Crippen molar-refractivity contribution in [3.63, 3.8) is 0 Å². The lowest BCUT2D eigenvalue weighted by atomic mass is 10.2. The monoisotopic (exact) mass is 299 g/mol. The lowest BCUT2D eigenvalue weighted by Gasteiger charge is -2.17. The van der Waals surface area contributed by atoms with Crippen molar-refractivity contribution in [2.75, 3.05) is 6.61 Å². The topological polar surface area (TPSA) is 21.3 Å². The van der Waals surface area contributed by atoms with E-state index in [9.17, 15) is 0 Å². The van der Waals surface area contributed by atoms with E-state index in [0.29, 0.717) is 17.4 Å². The molecule has 2 unspecified atom stereocenters. The third-order valence-corrected chi connectivity index (χ3v) is 5.11. The normalized spacial score (nSPS) is 23.2. The summed E-state index contributed by atoms with van der Waals surface area (Å²) in [5, 5.41) is 4.82. The summed E-state index contributed by atoms with van der Waals surface area (Å²) in [6, 6.07) is 6.66. The highest BCUT2D eigenvalue weighted by Gasteiger charge is 2.25. The van der Waals surface area contributed by atoms with Gasteiger partial charge in [-0.2, -0.15) is 0 Å². The highest BCUT2D eigenvalue weighted by atomic mass is 35.5. The van der Waals surface area contributed by atoms with Crippen LogP contribution in [-0.2, 0) is 11.3 Å². The highest BCUT2D eigenvalue weighted by molar-refractivity contribution is 8.00. The van der Waals surface area contributed by atoms with Gasteiger partial charge in [0, 0.05) is 34.4 Å². The van der Waals surface area contributed by atoms with E-state index in [0.717, 1.165) is 24.6 Å². The molecule has 4 heteroatoms. The number of benzene rings is 1. The van der Waals surface area contributed by atoms with Crippen molar-refractivity contribution in [2.45, 2.75) is 56.0 Å². The van der Waals surface area contributed by atoms with E-state index in [1.165, 1.54) is 10.5 Å². The summed E-state index contributed by atoms with van der Waals surface area (Å²) in [5.74, 6) is 0. The summed E-state index contributed by atoms with van der Waals surface area (Å²) >= 11 is 8.04. The Kier molecular flexibility index (Phi) is 5.58. The van der Waals surface area contributed by atoms with E-state index < -0.39 is 0 Å². The van der Waals surface area contributed by atoms with Crippen molar-refractivity contribution in [3.05, 3.63) is 28.8 Å². The van der Waals surface area contributed by atoms with Crippen LogP contribution < -0.4 is 5.32 Å². The lowest BCUT2D eigenvalue weighted by Crippen LogP contribution is -2.22. The van der Waals surface area contributed by atoms with Crippen LogP contribution in [0.3, 0.4) is 0 Å². The van der Waals surface area contributed by atoms with Crippen molar-refractivity contribution < 1.29 is 4.74 Å². The Bertz CT molecular complexity index is 425. The Hall–Kier alpha value is -0.220. The summed E-state index contributed by atoms with van der Waals surface area (Å²) in [7, 11) is 0. The second-order valence-corrected chi connectivity index (χ2v) is 7.03. The first-order valence-corrected chi connectivity index (χ1v) is 8.12. The first-order chi connectivity index (χ1) is 9.06. The standard InChI is InChI=1S/C15H22ClNOS/c1-10(2)17-9-12-4-5-13(16)8-15(12)19-14-6-7-18-11(14)3/h4-5,8,10-11,14,17H,6-7,9H2,1-3H3. The zero-order chi connectivity index (χ0) is 13.8. The Labute approximate surface area is 125 Å². The molecule has 0 aromatic heterocycles. The van der Waals surface area contributed by atoms with Crippen LogP contribution in [-0.4, -0.2) is 24.0 Å². The SMILES string of the molecule is CC(C)NCc1ccc(Cl)cc1SC1CCOC1C. The molecule has 1 aliphatic heterocycles. The molecule has 1 aromatic rings. The molecule has 0 amide bonds. The Morgan fingerprint density at radius 2 is 2.26 bits per heavy atom. The van der Waals surface area contributed by atoms with Crippen LogP contribution in [0.15, 0.2) is 23.1 Å². The Morgan fingerprint density at radius 1 is 1.47 bits per heavy atom. The number of thioether (sulfide) groups is 1. The fraction of sp³-hybridized carbons (Fsp3) is 0.600. The van der Waals surface area contributed by atoms with Gasteiger partial charge < -0.3 is 10.1 Å². The second kappa shape index (κ2) is 6.98. The minimum atomic E-state index is 0.329. The van der Waals surface area contributed by atoms with Crippen molar-refractivity contribution >= 4 is 23.4 Å². The van der Waals surface area contributed by atoms with E-state index in [2.05, 4.69) is 38.2 Å². The summed E-state index contributed by atoms with van der Waals surface area (Å²) in [6.45, 7) is 8.24. The van der Waals surface area contributed by atoms with Crippen LogP contribution in [0.1, 0.15) is 32.8 Å². The first-order valence-electron chi connectivity index (χ1n) is 6.86. The smallest absolute Gasteiger partial charge is 0.0669 e. The fourth-order valence-corrected chi connectivity index (χ4v) is 3.66. The molecule has 0 spiro atoms. The molecule has 0 saturated carbocycles. The molecule has 1 heterocycles. The molecule has 106 valence electrons. The van der Waals surface area contributed by atoms with Crippen LogP contribution in [0.4, 0.5) is 0 Å². The second-order valence-electron chi connectivity index (χ2n) is 5.31. The number of hydrogen-bond acceptors (Lipinski definition) is 3. The van der Waals surface area contributed by atoms with Gasteiger partial charge in [0.25, 0.3) is 0 Å². The van der Waals surface area contributed by atoms with Gasteiger partial charge in [-0.3, -0.25) is 0 Å². The maximum Gasteiger partial charge on any atom is 0.0669 e. The first kappa shape index (κ1) is 15.2. The van der Waals surface area contributed by atoms with Gasteiger partial charge in [0.05, 0.1) is 6.10 Å². The number of nitrogens with one attached hydrogen (secondary N) is 1. The molecule has 0 aliphatic carbocycles. The molecular formula is C15H22ClNOS. The molecule has 1 aliphatic rings. The molecule has 1 N–H and O–H groups in total. The van der Waals surface area contributed by atoms with Gasteiger partial charge in [-0.1, -0.05) is 31.5 Å². The molecular weight excluding hydrogens is 278 g/mol. The van der Waals surface area contributed by atoms with E-state index in [1.54, 1.807) is 0 Å². The van der Waals surface area contributed by atoms with Gasteiger partial charge in [-0.05, 0) is 31.0 Å². The molecule has 1 fully saturated rings. The van der Waals surface area contributed by atoms with Gasteiger partial charge in [0.2, 0.25) is 0 Å². The molecule has 1 saturated heterocycles. The summed E-state index contributed by atoms with van der Waals surface area (Å²) < 4.78 is 5.64. The molecule has 0 bridgehead atoms. The number of ether oxygens (including phenoxy) is 1. The highest BCUT2D eigenvalue weighted by Crippen LogP contribution is 2.35. The lowest BCUT2D eigenvalue weighted by molar-refractivity contribution is 0.127. The molecule has 2 rings (SSSR count). The largest absolute Gasteiger partial charge is 0.377 e. The Morgan fingerprint density at radius 3 is 2.89 bits per heavy atom. The molecule has 1 aromatic carbocycles. The van der Waals surface area contributed by atoms with E-state index >= 15 is 0 Å². The quantitative estimate of drug-likeness (QED) is 0.884. The molecule has 2 nitrogen and oxygen atoms in total. The number of rotatable bonds is 5. The van der Waals surface area contributed by atoms with Gasteiger partial charge in [-0.15, -0.1) is 11.8 Å². The minimum absolute atomic E-state index is 0.329. The maximum absolute atomic E-state index is 6.14. The number of hydrogen-bond donors (Lipinski definition) is 1. The van der Waals surface area contributed by atoms with E-state index in [4.69, 9.17) is 16.3 Å². The van der Waals surface area contributed by atoms with Crippen molar-refractivity contribution in [1.82, 2.24) is 5.32 Å². The summed E-state index contributed by atoms with van der Waals surface area (Å²) in [4.78, 5) is 1.28. The maximum atomic E-state index is 6.14. The van der Waals surface area contributed by atoms with Crippen LogP contribution in [0, 0.1) is 0 Å². The molecule has 0 radical (unpaired) electrons. The van der Waals surface area contributed by atoms with Crippen LogP contribution >= 0.6 is 23.4 Å². The minimum Gasteiger partial charge on any atom is -0.377 e. The summed E-state index contributed by atoms with van der Waals surface area (Å²) in [5.41, 5.74) is 1.32. The third kappa shape index (κ3) is 4.38. The Balaban J connectivity index is 2.10. The van der Waals surface area contributed by atoms with Gasteiger partial charge in [0.1, 0.15) is 0 Å². The summed E-state index contributed by atoms with van der Waals surface area (Å²) in [6.07, 6.45) is 1.45. The zero-order valence-corrected chi connectivity index (χ0v) is 13.4. The van der Waals surface area contributed by atoms with Crippen molar-refractivity contribution in [2.24, 2.45) is 0 Å². The predicted molar refractivity (Wildman–Crippen MR) is 83.1 cm³/mol. The predicted octanol–water partition coefficient (Wildman–Crippen LogP) is 4.11. The van der Waals surface area contributed by atoms with E-state index in [1.807, 2.05) is 17.8 Å². The fourth-order valence-electron chi connectivity index (χ4n) is 2.13. The molecule has 2 atom stereocenters. The third-order valence-electron chi connectivity index (χ3n) is 3.31.